The Morgan fingerprint density at radius 1 is 1.11 bits per heavy atom. The predicted octanol–water partition coefficient (Wildman–Crippen LogP) is 4.98. The maximum Gasteiger partial charge on any atom is 0.176 e. The zero-order valence-electron chi connectivity index (χ0n) is 21.3. The Labute approximate surface area is 221 Å². The highest BCUT2D eigenvalue weighted by atomic mass is 16.3. The van der Waals surface area contributed by atoms with Crippen molar-refractivity contribution in [2.24, 2.45) is 11.8 Å². The molecule has 0 amide bonds. The quantitative estimate of drug-likeness (QED) is 0.423. The van der Waals surface area contributed by atoms with Crippen LogP contribution in [0.15, 0.2) is 78.6 Å². The lowest BCUT2D eigenvalue weighted by molar-refractivity contribution is -0.121. The lowest BCUT2D eigenvalue weighted by atomic mass is 9.58. The number of carbonyl (C=O) groups is 1. The molecule has 0 fully saturated rings. The summed E-state index contributed by atoms with van der Waals surface area (Å²) in [6, 6.07) is 19.9. The van der Waals surface area contributed by atoms with E-state index in [-0.39, 0.29) is 29.8 Å². The normalized spacial score (nSPS) is 22.3. The van der Waals surface area contributed by atoms with Gasteiger partial charge in [0.25, 0.3) is 0 Å². The summed E-state index contributed by atoms with van der Waals surface area (Å²) >= 11 is 0. The van der Waals surface area contributed by atoms with Crippen molar-refractivity contribution in [2.75, 3.05) is 0 Å². The van der Waals surface area contributed by atoms with Crippen LogP contribution in [-0.2, 0) is 23.2 Å². The molecule has 188 valence electrons. The molecule has 38 heavy (non-hydrogen) atoms. The third-order valence-electron chi connectivity index (χ3n) is 8.15. The molecule has 1 N–H and O–H groups in total. The number of pyridine rings is 2. The van der Waals surface area contributed by atoms with E-state index >= 15 is 0 Å². The summed E-state index contributed by atoms with van der Waals surface area (Å²) in [5.41, 5.74) is 6.94. The molecule has 0 unspecified atom stereocenters. The minimum absolute atomic E-state index is 0.0691. The summed E-state index contributed by atoms with van der Waals surface area (Å²) < 4.78 is 1.98. The van der Waals surface area contributed by atoms with Gasteiger partial charge in [0.15, 0.2) is 5.78 Å². The van der Waals surface area contributed by atoms with E-state index in [4.69, 9.17) is 5.10 Å². The number of ketones is 1. The number of aliphatic hydroxyl groups excluding tert-OH is 1. The fourth-order valence-electron chi connectivity index (χ4n) is 6.28. The van der Waals surface area contributed by atoms with E-state index in [0.717, 1.165) is 52.3 Å². The number of fused-ring (bicyclic) bond motifs is 3. The van der Waals surface area contributed by atoms with E-state index in [1.807, 2.05) is 72.3 Å². The highest BCUT2D eigenvalue weighted by molar-refractivity contribution is 6.02. The molecule has 3 aromatic heterocycles. The van der Waals surface area contributed by atoms with Crippen LogP contribution >= 0.6 is 0 Å². The minimum Gasteiger partial charge on any atom is -0.390 e. The number of nitriles is 1. The van der Waals surface area contributed by atoms with Crippen LogP contribution in [0.3, 0.4) is 0 Å². The molecule has 0 aliphatic heterocycles. The van der Waals surface area contributed by atoms with Gasteiger partial charge in [0.1, 0.15) is 11.8 Å². The van der Waals surface area contributed by atoms with E-state index in [9.17, 15) is 15.2 Å². The van der Waals surface area contributed by atoms with Gasteiger partial charge >= 0.3 is 0 Å². The number of Topliss-reactive ketones (excluding diaryl/α,β-unsaturated/α-hetero) is 1. The van der Waals surface area contributed by atoms with Gasteiger partial charge in [-0.2, -0.15) is 10.4 Å². The number of rotatable bonds is 4. The SMILES string of the molecule is C[C@H]1C(=O)C(C#N)=C[C@@]2(C)c3c(c(-c4ccccn4)nn3-c3ccc(-c4ccnc(CO)c4)cc3)CC[C@H]12. The Kier molecular flexibility index (Phi) is 5.77. The van der Waals surface area contributed by atoms with Crippen LogP contribution in [-0.4, -0.2) is 30.6 Å². The van der Waals surface area contributed by atoms with Crippen LogP contribution in [0.2, 0.25) is 0 Å². The van der Waals surface area contributed by atoms with Crippen molar-refractivity contribution in [1.29, 1.82) is 5.26 Å². The summed E-state index contributed by atoms with van der Waals surface area (Å²) in [4.78, 5) is 21.7. The van der Waals surface area contributed by atoms with Gasteiger partial charge in [0.05, 0.1) is 34.9 Å². The van der Waals surface area contributed by atoms with Crippen molar-refractivity contribution in [1.82, 2.24) is 19.7 Å². The van der Waals surface area contributed by atoms with Gasteiger partial charge in [-0.1, -0.05) is 38.1 Å². The summed E-state index contributed by atoms with van der Waals surface area (Å²) in [7, 11) is 0. The molecule has 2 aliphatic carbocycles. The predicted molar refractivity (Wildman–Crippen MR) is 143 cm³/mol. The van der Waals surface area contributed by atoms with Crippen LogP contribution in [0.5, 0.6) is 0 Å². The number of aromatic nitrogens is 4. The zero-order valence-corrected chi connectivity index (χ0v) is 21.3. The van der Waals surface area contributed by atoms with E-state index < -0.39 is 5.41 Å². The molecule has 1 aromatic carbocycles. The fourth-order valence-corrected chi connectivity index (χ4v) is 6.28. The molecule has 3 atom stereocenters. The topological polar surface area (TPSA) is 105 Å². The van der Waals surface area contributed by atoms with E-state index in [1.165, 1.54) is 0 Å². The average Bonchev–Trinajstić information content (AvgIpc) is 3.37. The van der Waals surface area contributed by atoms with Gasteiger partial charge in [-0.05, 0) is 66.3 Å². The van der Waals surface area contributed by atoms with E-state index in [2.05, 4.69) is 23.0 Å². The largest absolute Gasteiger partial charge is 0.390 e. The van der Waals surface area contributed by atoms with Crippen molar-refractivity contribution < 1.29 is 9.90 Å². The van der Waals surface area contributed by atoms with Gasteiger partial charge in [0, 0.05) is 29.3 Å². The molecule has 7 nitrogen and oxygen atoms in total. The van der Waals surface area contributed by atoms with Crippen molar-refractivity contribution >= 4 is 5.78 Å². The first-order valence-corrected chi connectivity index (χ1v) is 12.8. The molecule has 4 aromatic rings. The first kappa shape index (κ1) is 24.0. The summed E-state index contributed by atoms with van der Waals surface area (Å²) in [6.07, 6.45) is 6.97. The number of hydrogen-bond acceptors (Lipinski definition) is 6. The standard InChI is InChI=1S/C31H27N5O2/c1-19-26-11-10-25-28(27-5-3-4-13-34-27)35-36(30(25)31(26,2)16-22(17-32)29(19)38)24-8-6-20(7-9-24)21-12-14-33-23(15-21)18-37/h3-9,12-16,19,26,37H,10-11,18H2,1-2H3/t19-,26-,31-/m1/s1. The van der Waals surface area contributed by atoms with E-state index in [0.29, 0.717) is 5.69 Å². The van der Waals surface area contributed by atoms with Gasteiger partial charge in [-0.3, -0.25) is 14.8 Å². The van der Waals surface area contributed by atoms with Crippen molar-refractivity contribution in [3.05, 3.63) is 95.6 Å². The molecule has 3 heterocycles. The second-order valence-corrected chi connectivity index (χ2v) is 10.3. The summed E-state index contributed by atoms with van der Waals surface area (Å²) in [5, 5.41) is 24.4. The number of benzene rings is 1. The second kappa shape index (κ2) is 9.16. The van der Waals surface area contributed by atoms with Crippen molar-refractivity contribution in [3.8, 4) is 34.3 Å². The Morgan fingerprint density at radius 3 is 2.63 bits per heavy atom. The number of nitrogens with zero attached hydrogens (tertiary/aromatic N) is 5. The Morgan fingerprint density at radius 2 is 1.92 bits per heavy atom. The highest BCUT2D eigenvalue weighted by Crippen LogP contribution is 2.52. The number of carbonyl (C=O) groups excluding carboxylic acids is 1. The van der Waals surface area contributed by atoms with Crippen LogP contribution in [0.4, 0.5) is 0 Å². The van der Waals surface area contributed by atoms with Crippen LogP contribution in [0, 0.1) is 23.2 Å². The first-order chi connectivity index (χ1) is 18.4. The lowest BCUT2D eigenvalue weighted by Gasteiger charge is -2.45. The monoisotopic (exact) mass is 501 g/mol. The fraction of sp³-hybridized carbons (Fsp3) is 0.258. The zero-order chi connectivity index (χ0) is 26.4. The first-order valence-electron chi connectivity index (χ1n) is 12.8. The van der Waals surface area contributed by atoms with E-state index in [1.54, 1.807) is 12.4 Å². The third-order valence-corrected chi connectivity index (χ3v) is 8.15. The number of hydrogen-bond donors (Lipinski definition) is 1. The summed E-state index contributed by atoms with van der Waals surface area (Å²) in [5.74, 6) is -0.248. The van der Waals surface area contributed by atoms with Crippen LogP contribution < -0.4 is 0 Å². The van der Waals surface area contributed by atoms with Crippen LogP contribution in [0.1, 0.15) is 37.2 Å². The molecule has 7 heteroatoms. The maximum atomic E-state index is 12.9. The molecule has 2 aliphatic rings. The minimum atomic E-state index is -0.536. The molecule has 0 saturated heterocycles. The molecular weight excluding hydrogens is 474 g/mol. The Bertz CT molecular complexity index is 1610. The summed E-state index contributed by atoms with van der Waals surface area (Å²) in [6.45, 7) is 3.98. The highest BCUT2D eigenvalue weighted by Gasteiger charge is 2.50. The average molecular weight is 502 g/mol. The van der Waals surface area contributed by atoms with Crippen LogP contribution in [0.25, 0.3) is 28.2 Å². The van der Waals surface area contributed by atoms with Gasteiger partial charge in [-0.15, -0.1) is 0 Å². The Balaban J connectivity index is 1.54. The second-order valence-electron chi connectivity index (χ2n) is 10.3. The molecule has 0 spiro atoms. The van der Waals surface area contributed by atoms with Crippen molar-refractivity contribution in [2.45, 2.75) is 38.7 Å². The third kappa shape index (κ3) is 3.68. The molecule has 0 saturated carbocycles. The molecule has 0 bridgehead atoms. The molecule has 6 rings (SSSR count). The lowest BCUT2D eigenvalue weighted by Crippen LogP contribution is -2.46. The van der Waals surface area contributed by atoms with Crippen molar-refractivity contribution in [3.63, 3.8) is 0 Å². The molecular formula is C31H27N5O2. The number of aliphatic hydroxyl groups is 1. The maximum absolute atomic E-state index is 12.9. The van der Waals surface area contributed by atoms with Gasteiger partial charge in [-0.25, -0.2) is 4.68 Å². The van der Waals surface area contributed by atoms with Gasteiger partial charge in [0.2, 0.25) is 0 Å². The van der Waals surface area contributed by atoms with Gasteiger partial charge < -0.3 is 5.11 Å². The molecule has 0 radical (unpaired) electrons. The Hall–Kier alpha value is -4.41. The smallest absolute Gasteiger partial charge is 0.176 e. The number of allylic oxidation sites excluding steroid dienone is 2.